The van der Waals surface area contributed by atoms with Gasteiger partial charge in [0.15, 0.2) is 0 Å². The van der Waals surface area contributed by atoms with Gasteiger partial charge in [0.05, 0.1) is 6.07 Å². The van der Waals surface area contributed by atoms with Crippen molar-refractivity contribution in [2.45, 2.75) is 12.0 Å². The average Bonchev–Trinajstić information content (AvgIpc) is 2.69. The summed E-state index contributed by atoms with van der Waals surface area (Å²) < 4.78 is 0. The maximum Gasteiger partial charge on any atom is 0.135 e. The van der Waals surface area contributed by atoms with Gasteiger partial charge in [-0.2, -0.15) is 17.0 Å². The zero-order valence-corrected chi connectivity index (χ0v) is 8.68. The monoisotopic (exact) mass is 204 g/mol. The topological polar surface area (TPSA) is 35.8 Å². The van der Waals surface area contributed by atoms with Crippen molar-refractivity contribution in [3.8, 4) is 6.07 Å². The minimum atomic E-state index is -0.341. The predicted molar refractivity (Wildman–Crippen MR) is 60.4 cm³/mol. The normalized spacial score (nSPS) is 25.6. The molecule has 1 fully saturated rings. The van der Waals surface area contributed by atoms with Crippen molar-refractivity contribution in [3.05, 3.63) is 30.3 Å². The summed E-state index contributed by atoms with van der Waals surface area (Å²) in [6, 6.07) is 12.3. The standard InChI is InChI=1S/C11H12N2S/c12-8-11(6-7-14-9-11)13-10-4-2-1-3-5-10/h1-5,13H,6-7,9H2. The van der Waals surface area contributed by atoms with Crippen LogP contribution in [0.4, 0.5) is 5.69 Å². The Hall–Kier alpha value is -1.14. The number of rotatable bonds is 2. The van der Waals surface area contributed by atoms with Crippen molar-refractivity contribution < 1.29 is 0 Å². The fourth-order valence-corrected chi connectivity index (χ4v) is 2.84. The van der Waals surface area contributed by atoms with Crippen molar-refractivity contribution in [1.29, 1.82) is 5.26 Å². The number of nitriles is 1. The minimum Gasteiger partial charge on any atom is -0.367 e. The average molecular weight is 204 g/mol. The van der Waals surface area contributed by atoms with Gasteiger partial charge >= 0.3 is 0 Å². The van der Waals surface area contributed by atoms with Crippen molar-refractivity contribution in [1.82, 2.24) is 0 Å². The van der Waals surface area contributed by atoms with E-state index in [9.17, 15) is 0 Å². The molecule has 1 heterocycles. The predicted octanol–water partition coefficient (Wildman–Crippen LogP) is 2.50. The van der Waals surface area contributed by atoms with Crippen LogP contribution in [0.3, 0.4) is 0 Å². The van der Waals surface area contributed by atoms with Gasteiger partial charge in [0.1, 0.15) is 5.54 Å². The number of nitrogens with zero attached hydrogens (tertiary/aromatic N) is 1. The number of hydrogen-bond acceptors (Lipinski definition) is 3. The van der Waals surface area contributed by atoms with Crippen LogP contribution in [0.1, 0.15) is 6.42 Å². The van der Waals surface area contributed by atoms with Crippen LogP contribution in [0, 0.1) is 11.3 Å². The number of nitrogens with one attached hydrogen (secondary N) is 1. The van der Waals surface area contributed by atoms with Crippen molar-refractivity contribution in [3.63, 3.8) is 0 Å². The molecule has 0 aromatic heterocycles. The highest BCUT2D eigenvalue weighted by molar-refractivity contribution is 7.99. The Kier molecular flexibility index (Phi) is 2.64. The third kappa shape index (κ3) is 1.85. The van der Waals surface area contributed by atoms with Gasteiger partial charge in [-0.3, -0.25) is 0 Å². The van der Waals surface area contributed by atoms with Gasteiger partial charge in [0.25, 0.3) is 0 Å². The first kappa shape index (κ1) is 9.42. The molecule has 1 saturated heterocycles. The Bertz CT molecular complexity index is 336. The van der Waals surface area contributed by atoms with Crippen LogP contribution >= 0.6 is 11.8 Å². The molecule has 3 heteroatoms. The molecule has 1 atom stereocenters. The van der Waals surface area contributed by atoms with Crippen LogP contribution < -0.4 is 5.32 Å². The first-order valence-corrected chi connectivity index (χ1v) is 5.82. The molecule has 0 aliphatic carbocycles. The lowest BCUT2D eigenvalue weighted by Gasteiger charge is -2.22. The molecule has 0 bridgehead atoms. The van der Waals surface area contributed by atoms with E-state index in [0.29, 0.717) is 0 Å². The fraction of sp³-hybridized carbons (Fsp3) is 0.364. The van der Waals surface area contributed by atoms with Crippen LogP contribution in [0.5, 0.6) is 0 Å². The number of anilines is 1. The number of para-hydroxylation sites is 1. The third-order valence-corrected chi connectivity index (χ3v) is 3.58. The smallest absolute Gasteiger partial charge is 0.135 e. The molecule has 0 spiro atoms. The minimum absolute atomic E-state index is 0.341. The van der Waals surface area contributed by atoms with Crippen LogP contribution in [-0.2, 0) is 0 Å². The largest absolute Gasteiger partial charge is 0.367 e. The summed E-state index contributed by atoms with van der Waals surface area (Å²) in [5, 5.41) is 12.5. The molecule has 0 saturated carbocycles. The van der Waals surface area contributed by atoms with Crippen molar-refractivity contribution in [2.75, 3.05) is 16.8 Å². The molecule has 1 N–H and O–H groups in total. The van der Waals surface area contributed by atoms with Crippen LogP contribution in [-0.4, -0.2) is 17.0 Å². The van der Waals surface area contributed by atoms with E-state index < -0.39 is 0 Å². The van der Waals surface area contributed by atoms with E-state index in [1.807, 2.05) is 42.1 Å². The summed E-state index contributed by atoms with van der Waals surface area (Å²) in [5.74, 6) is 1.96. The summed E-state index contributed by atoms with van der Waals surface area (Å²) in [7, 11) is 0. The summed E-state index contributed by atoms with van der Waals surface area (Å²) in [6.07, 6.45) is 0.934. The molecule has 2 nitrogen and oxygen atoms in total. The fourth-order valence-electron chi connectivity index (χ4n) is 1.58. The Morgan fingerprint density at radius 1 is 1.36 bits per heavy atom. The lowest BCUT2D eigenvalue weighted by atomic mass is 10.0. The third-order valence-electron chi connectivity index (χ3n) is 2.39. The van der Waals surface area contributed by atoms with Gasteiger partial charge < -0.3 is 5.32 Å². The SMILES string of the molecule is N#CC1(Nc2ccccc2)CCSC1. The zero-order chi connectivity index (χ0) is 9.86. The second-order valence-electron chi connectivity index (χ2n) is 3.49. The Morgan fingerprint density at radius 3 is 2.71 bits per heavy atom. The van der Waals surface area contributed by atoms with Crippen LogP contribution in [0.25, 0.3) is 0 Å². The molecule has 1 aromatic carbocycles. The van der Waals surface area contributed by atoms with Crippen LogP contribution in [0.2, 0.25) is 0 Å². The van der Waals surface area contributed by atoms with Gasteiger partial charge in [-0.1, -0.05) is 18.2 Å². The molecular formula is C11H12N2S. The molecule has 14 heavy (non-hydrogen) atoms. The van der Waals surface area contributed by atoms with Gasteiger partial charge in [-0.05, 0) is 24.3 Å². The zero-order valence-electron chi connectivity index (χ0n) is 7.86. The number of benzene rings is 1. The maximum absolute atomic E-state index is 9.15. The molecule has 72 valence electrons. The number of thioether (sulfide) groups is 1. The summed E-state index contributed by atoms with van der Waals surface area (Å²) in [5.41, 5.74) is 0.697. The Morgan fingerprint density at radius 2 is 2.14 bits per heavy atom. The van der Waals surface area contributed by atoms with E-state index in [1.165, 1.54) is 0 Å². The second-order valence-corrected chi connectivity index (χ2v) is 4.59. The van der Waals surface area contributed by atoms with Crippen molar-refractivity contribution in [2.24, 2.45) is 0 Å². The lowest BCUT2D eigenvalue weighted by Crippen LogP contribution is -2.36. The Balaban J connectivity index is 2.13. The van der Waals surface area contributed by atoms with E-state index in [4.69, 9.17) is 5.26 Å². The molecule has 1 aliphatic heterocycles. The molecular weight excluding hydrogens is 192 g/mol. The van der Waals surface area contributed by atoms with Crippen LogP contribution in [0.15, 0.2) is 30.3 Å². The number of hydrogen-bond donors (Lipinski definition) is 1. The molecule has 1 unspecified atom stereocenters. The quantitative estimate of drug-likeness (QED) is 0.804. The maximum atomic E-state index is 9.15. The lowest BCUT2D eigenvalue weighted by molar-refractivity contribution is 0.666. The summed E-state index contributed by atoms with van der Waals surface area (Å²) in [6.45, 7) is 0. The van der Waals surface area contributed by atoms with E-state index in [2.05, 4.69) is 11.4 Å². The highest BCUT2D eigenvalue weighted by atomic mass is 32.2. The second kappa shape index (κ2) is 3.93. The molecule has 0 radical (unpaired) electrons. The van der Waals surface area contributed by atoms with Gasteiger partial charge in [0, 0.05) is 11.4 Å². The Labute approximate surface area is 88.3 Å². The van der Waals surface area contributed by atoms with E-state index in [0.717, 1.165) is 23.6 Å². The van der Waals surface area contributed by atoms with E-state index in [1.54, 1.807) is 0 Å². The molecule has 2 rings (SSSR count). The van der Waals surface area contributed by atoms with Gasteiger partial charge in [0.2, 0.25) is 0 Å². The highest BCUT2D eigenvalue weighted by Crippen LogP contribution is 2.30. The first-order chi connectivity index (χ1) is 6.85. The van der Waals surface area contributed by atoms with E-state index >= 15 is 0 Å². The first-order valence-electron chi connectivity index (χ1n) is 4.67. The molecule has 0 amide bonds. The van der Waals surface area contributed by atoms with Gasteiger partial charge in [-0.25, -0.2) is 0 Å². The highest BCUT2D eigenvalue weighted by Gasteiger charge is 2.34. The van der Waals surface area contributed by atoms with Gasteiger partial charge in [-0.15, -0.1) is 0 Å². The van der Waals surface area contributed by atoms with Crippen molar-refractivity contribution >= 4 is 17.4 Å². The summed E-state index contributed by atoms with van der Waals surface area (Å²) >= 11 is 1.84. The molecule has 1 aliphatic rings. The van der Waals surface area contributed by atoms with E-state index in [-0.39, 0.29) is 5.54 Å². The molecule has 1 aromatic rings. The summed E-state index contributed by atoms with van der Waals surface area (Å²) in [4.78, 5) is 0.